The second-order valence-corrected chi connectivity index (χ2v) is 7.89. The molecule has 0 aliphatic rings. The molecule has 13 heteroatoms. The first-order valence-electron chi connectivity index (χ1n) is 9.98. The van der Waals surface area contributed by atoms with Crippen LogP contribution in [0.2, 0.25) is 0 Å². The van der Waals surface area contributed by atoms with Crippen LogP contribution in [0.15, 0.2) is 66.4 Å². The minimum Gasteiger partial charge on any atom is -0.495 e. The van der Waals surface area contributed by atoms with Crippen LogP contribution >= 0.6 is 7.82 Å². The van der Waals surface area contributed by atoms with Crippen molar-refractivity contribution in [1.82, 2.24) is 14.5 Å². The Kier molecular flexibility index (Phi) is 8.39. The van der Waals surface area contributed by atoms with Gasteiger partial charge in [-0.25, -0.2) is 9.55 Å². The summed E-state index contributed by atoms with van der Waals surface area (Å²) in [5, 5.41) is 5.25. The van der Waals surface area contributed by atoms with Gasteiger partial charge < -0.3 is 33.5 Å². The van der Waals surface area contributed by atoms with Crippen molar-refractivity contribution in [3.8, 4) is 22.9 Å². The number of hydrogen-bond donors (Lipinski definition) is 4. The molecule has 0 atom stereocenters. The van der Waals surface area contributed by atoms with Gasteiger partial charge in [-0.2, -0.15) is 5.10 Å². The monoisotopic (exact) mass is 501 g/mol. The number of imidazole rings is 1. The number of fused-ring (bicyclic) bond motifs is 1. The van der Waals surface area contributed by atoms with Crippen molar-refractivity contribution >= 4 is 30.6 Å². The van der Waals surface area contributed by atoms with Crippen LogP contribution in [0.5, 0.6) is 17.2 Å². The highest BCUT2D eigenvalue weighted by molar-refractivity contribution is 7.45. The lowest BCUT2D eigenvalue weighted by molar-refractivity contribution is 0.275. The summed E-state index contributed by atoms with van der Waals surface area (Å²) in [5.74, 6) is 1.98. The van der Waals surface area contributed by atoms with Gasteiger partial charge in [0.15, 0.2) is 11.5 Å². The first kappa shape index (κ1) is 25.7. The van der Waals surface area contributed by atoms with E-state index in [9.17, 15) is 0 Å². The summed E-state index contributed by atoms with van der Waals surface area (Å²) in [6, 6.07) is 11.4. The molecular weight excluding hydrogens is 477 g/mol. The Morgan fingerprint density at radius 1 is 0.971 bits per heavy atom. The normalized spacial score (nSPS) is 11.1. The molecule has 0 spiro atoms. The molecule has 4 N–H and O–H groups in total. The summed E-state index contributed by atoms with van der Waals surface area (Å²) in [6.45, 7) is 0. The number of methoxy groups -OCH3 is 3. The smallest absolute Gasteiger partial charge is 0.466 e. The Balaban J connectivity index is 0.000000623. The van der Waals surface area contributed by atoms with E-state index in [1.54, 1.807) is 46.3 Å². The van der Waals surface area contributed by atoms with Gasteiger partial charge in [-0.1, -0.05) is 6.07 Å². The van der Waals surface area contributed by atoms with Crippen LogP contribution < -0.4 is 19.6 Å². The maximum Gasteiger partial charge on any atom is 0.466 e. The number of hydrogen-bond acceptors (Lipinski definition) is 8. The number of anilines is 1. The molecule has 0 unspecified atom stereocenters. The highest BCUT2D eigenvalue weighted by Gasteiger charge is 2.10. The molecule has 0 aliphatic heterocycles. The fourth-order valence-electron chi connectivity index (χ4n) is 3.14. The van der Waals surface area contributed by atoms with Crippen LogP contribution in [-0.4, -0.2) is 56.8 Å². The van der Waals surface area contributed by atoms with Gasteiger partial charge in [0.1, 0.15) is 5.75 Å². The summed E-state index contributed by atoms with van der Waals surface area (Å²) < 4.78 is 27.0. The van der Waals surface area contributed by atoms with Gasteiger partial charge in [-0.15, -0.1) is 0 Å². The van der Waals surface area contributed by atoms with Gasteiger partial charge >= 0.3 is 7.82 Å². The number of aromatic nitrogens is 3. The van der Waals surface area contributed by atoms with Crippen molar-refractivity contribution in [3.05, 3.63) is 66.9 Å². The summed E-state index contributed by atoms with van der Waals surface area (Å²) in [6.07, 6.45) is 8.76. The highest BCUT2D eigenvalue weighted by atomic mass is 31.2. The predicted molar refractivity (Wildman–Crippen MR) is 130 cm³/mol. The van der Waals surface area contributed by atoms with Crippen molar-refractivity contribution in [3.63, 3.8) is 0 Å². The molecule has 0 fully saturated rings. The van der Waals surface area contributed by atoms with Crippen LogP contribution in [0.3, 0.4) is 0 Å². The van der Waals surface area contributed by atoms with Crippen LogP contribution in [0.4, 0.5) is 5.69 Å². The molecular formula is C22H24N5O7P. The van der Waals surface area contributed by atoms with Crippen LogP contribution in [0.1, 0.15) is 5.56 Å². The van der Waals surface area contributed by atoms with E-state index in [4.69, 9.17) is 33.5 Å². The van der Waals surface area contributed by atoms with E-state index in [-0.39, 0.29) is 0 Å². The van der Waals surface area contributed by atoms with Crippen molar-refractivity contribution in [2.75, 3.05) is 26.8 Å². The SMILES string of the molecule is COc1cc2nccc(NN=Cc3ccc(-n4ccnc4)c(OC)c3)c2cc1OC.O=P(O)(O)O. The Hall–Kier alpha value is -3.96. The number of ether oxygens (including phenoxy) is 3. The van der Waals surface area contributed by atoms with E-state index in [2.05, 4.69) is 20.5 Å². The lowest BCUT2D eigenvalue weighted by Gasteiger charge is -2.11. The van der Waals surface area contributed by atoms with E-state index in [1.807, 2.05) is 47.2 Å². The molecule has 2 aromatic carbocycles. The largest absolute Gasteiger partial charge is 0.495 e. The first-order chi connectivity index (χ1) is 16.7. The van der Waals surface area contributed by atoms with Gasteiger partial charge in [-0.05, 0) is 29.8 Å². The molecule has 12 nitrogen and oxygen atoms in total. The number of hydrazone groups is 1. The van der Waals surface area contributed by atoms with E-state index in [0.29, 0.717) is 11.5 Å². The Bertz CT molecular complexity index is 1350. The molecule has 0 amide bonds. The zero-order valence-corrected chi connectivity index (χ0v) is 20.0. The predicted octanol–water partition coefficient (Wildman–Crippen LogP) is 2.96. The molecule has 184 valence electrons. The average molecular weight is 501 g/mol. The number of rotatable bonds is 7. The van der Waals surface area contributed by atoms with E-state index in [0.717, 1.165) is 33.6 Å². The second kappa shape index (κ2) is 11.4. The lowest BCUT2D eigenvalue weighted by atomic mass is 10.1. The highest BCUT2D eigenvalue weighted by Crippen LogP contribution is 2.34. The first-order valence-corrected chi connectivity index (χ1v) is 11.5. The van der Waals surface area contributed by atoms with Gasteiger partial charge in [0.05, 0.1) is 50.8 Å². The van der Waals surface area contributed by atoms with E-state index >= 15 is 0 Å². The fraction of sp³-hybridized carbons (Fsp3) is 0.136. The maximum atomic E-state index is 8.88. The zero-order valence-electron chi connectivity index (χ0n) is 19.1. The summed E-state index contributed by atoms with van der Waals surface area (Å²) in [4.78, 5) is 30.0. The topological polar surface area (TPSA) is 161 Å². The average Bonchev–Trinajstić information content (AvgIpc) is 3.37. The van der Waals surface area contributed by atoms with Crippen LogP contribution in [0.25, 0.3) is 16.6 Å². The van der Waals surface area contributed by atoms with Crippen molar-refractivity contribution in [2.45, 2.75) is 0 Å². The minimum atomic E-state index is -4.64. The Morgan fingerprint density at radius 2 is 1.66 bits per heavy atom. The zero-order chi connectivity index (χ0) is 25.4. The molecule has 0 saturated carbocycles. The molecule has 0 saturated heterocycles. The van der Waals surface area contributed by atoms with Gasteiger partial charge in [0.2, 0.25) is 0 Å². The molecule has 2 heterocycles. The van der Waals surface area contributed by atoms with Crippen LogP contribution in [-0.2, 0) is 4.57 Å². The molecule has 4 rings (SSSR count). The molecule has 0 bridgehead atoms. The van der Waals surface area contributed by atoms with Gasteiger partial charge in [0, 0.05) is 30.0 Å². The minimum absolute atomic E-state index is 0.628. The fourth-order valence-corrected chi connectivity index (χ4v) is 3.14. The van der Waals surface area contributed by atoms with E-state index < -0.39 is 7.82 Å². The van der Waals surface area contributed by atoms with Crippen molar-refractivity contribution in [2.24, 2.45) is 5.10 Å². The summed E-state index contributed by atoms with van der Waals surface area (Å²) >= 11 is 0. The van der Waals surface area contributed by atoms with Crippen molar-refractivity contribution < 1.29 is 33.5 Å². The third-order valence-electron chi connectivity index (χ3n) is 4.63. The Morgan fingerprint density at radius 3 is 2.29 bits per heavy atom. The second-order valence-electron chi connectivity index (χ2n) is 6.87. The molecule has 0 aliphatic carbocycles. The molecule has 2 aromatic heterocycles. The molecule has 0 radical (unpaired) electrons. The standard InChI is InChI=1S/C22H21N5O3.H3O4P/c1-28-20-10-15(4-5-19(20)27-9-8-23-14-27)13-25-26-17-6-7-24-18-12-22(30-3)21(29-2)11-16(17)18;1-5(2,3)4/h4-14H,1-3H3,(H,24,26);(H3,1,2,3,4). The number of benzene rings is 2. The lowest BCUT2D eigenvalue weighted by Crippen LogP contribution is -1.98. The number of nitrogens with one attached hydrogen (secondary N) is 1. The maximum absolute atomic E-state index is 8.88. The Labute approximate surface area is 200 Å². The quantitative estimate of drug-likeness (QED) is 0.168. The summed E-state index contributed by atoms with van der Waals surface area (Å²) in [7, 11) is 0.203. The third kappa shape index (κ3) is 7.01. The molecule has 35 heavy (non-hydrogen) atoms. The summed E-state index contributed by atoms with van der Waals surface area (Å²) in [5.41, 5.74) is 6.46. The van der Waals surface area contributed by atoms with E-state index in [1.165, 1.54) is 0 Å². The third-order valence-corrected chi connectivity index (χ3v) is 4.63. The number of nitrogens with zero attached hydrogens (tertiary/aromatic N) is 4. The molecule has 4 aromatic rings. The van der Waals surface area contributed by atoms with Crippen LogP contribution in [0, 0.1) is 0 Å². The number of pyridine rings is 1. The van der Waals surface area contributed by atoms with Gasteiger partial charge in [-0.3, -0.25) is 10.4 Å². The van der Waals surface area contributed by atoms with Gasteiger partial charge in [0.25, 0.3) is 0 Å². The number of phosphoric acid groups is 1. The van der Waals surface area contributed by atoms with Crippen molar-refractivity contribution in [1.29, 1.82) is 0 Å².